The fraction of sp³-hybridized carbons (Fsp3) is 0.625. The molecular formula is C16H27N3. The highest BCUT2D eigenvalue weighted by Crippen LogP contribution is 2.15. The third-order valence-electron chi connectivity index (χ3n) is 4.13. The zero-order chi connectivity index (χ0) is 13.7. The lowest BCUT2D eigenvalue weighted by Gasteiger charge is -2.36. The predicted octanol–water partition coefficient (Wildman–Crippen LogP) is 2.23. The van der Waals surface area contributed by atoms with Gasteiger partial charge in [-0.1, -0.05) is 12.1 Å². The van der Waals surface area contributed by atoms with Crippen LogP contribution in [0.25, 0.3) is 0 Å². The number of rotatable bonds is 5. The molecule has 1 unspecified atom stereocenters. The number of nitrogens with zero attached hydrogens (tertiary/aromatic N) is 2. The Kier molecular flexibility index (Phi) is 5.23. The van der Waals surface area contributed by atoms with Crippen LogP contribution in [0, 0.1) is 0 Å². The van der Waals surface area contributed by atoms with Gasteiger partial charge in [-0.2, -0.15) is 0 Å². The summed E-state index contributed by atoms with van der Waals surface area (Å²) in [7, 11) is 4.39. The van der Waals surface area contributed by atoms with Crippen LogP contribution in [0.1, 0.15) is 24.8 Å². The quantitative estimate of drug-likeness (QED) is 0.825. The van der Waals surface area contributed by atoms with Gasteiger partial charge in [0.25, 0.3) is 0 Å². The van der Waals surface area contributed by atoms with Gasteiger partial charge in [-0.25, -0.2) is 0 Å². The SMILES string of the molecule is CN(C)C1CCCN(CCCc2ccc(N)cc2)C1. The van der Waals surface area contributed by atoms with E-state index in [0.717, 1.165) is 18.2 Å². The van der Waals surface area contributed by atoms with Gasteiger partial charge < -0.3 is 15.5 Å². The molecule has 1 aliphatic heterocycles. The van der Waals surface area contributed by atoms with E-state index < -0.39 is 0 Å². The number of hydrogen-bond donors (Lipinski definition) is 1. The predicted molar refractivity (Wildman–Crippen MR) is 82.3 cm³/mol. The maximum absolute atomic E-state index is 5.70. The minimum Gasteiger partial charge on any atom is -0.399 e. The Bertz CT molecular complexity index is 372. The highest BCUT2D eigenvalue weighted by molar-refractivity contribution is 5.39. The molecule has 0 radical (unpaired) electrons. The van der Waals surface area contributed by atoms with E-state index in [1.54, 1.807) is 0 Å². The minimum absolute atomic E-state index is 0.741. The normalized spacial score (nSPS) is 20.9. The second-order valence-electron chi connectivity index (χ2n) is 5.91. The smallest absolute Gasteiger partial charge is 0.0314 e. The van der Waals surface area contributed by atoms with Crippen molar-refractivity contribution in [1.29, 1.82) is 0 Å². The molecule has 0 bridgehead atoms. The molecule has 1 fully saturated rings. The molecule has 2 N–H and O–H groups in total. The average molecular weight is 261 g/mol. The second-order valence-corrected chi connectivity index (χ2v) is 5.91. The minimum atomic E-state index is 0.741. The van der Waals surface area contributed by atoms with Crippen LogP contribution in [0.4, 0.5) is 5.69 Å². The summed E-state index contributed by atoms with van der Waals surface area (Å²) in [5.41, 5.74) is 7.96. The van der Waals surface area contributed by atoms with Gasteiger partial charge in [0, 0.05) is 18.3 Å². The number of likely N-dealkylation sites (N-methyl/N-ethyl adjacent to an activating group) is 1. The van der Waals surface area contributed by atoms with Crippen LogP contribution in [0.2, 0.25) is 0 Å². The fourth-order valence-electron chi connectivity index (χ4n) is 2.85. The lowest BCUT2D eigenvalue weighted by atomic mass is 10.0. The fourth-order valence-corrected chi connectivity index (χ4v) is 2.85. The zero-order valence-corrected chi connectivity index (χ0v) is 12.3. The van der Waals surface area contributed by atoms with Crippen molar-refractivity contribution in [2.24, 2.45) is 0 Å². The lowest BCUT2D eigenvalue weighted by Crippen LogP contribution is -2.45. The molecule has 1 aromatic carbocycles. The summed E-state index contributed by atoms with van der Waals surface area (Å²) in [4.78, 5) is 4.98. The third kappa shape index (κ3) is 4.51. The number of anilines is 1. The maximum Gasteiger partial charge on any atom is 0.0314 e. The van der Waals surface area contributed by atoms with Crippen LogP contribution in [0.3, 0.4) is 0 Å². The third-order valence-corrected chi connectivity index (χ3v) is 4.13. The first-order valence-electron chi connectivity index (χ1n) is 7.38. The molecular weight excluding hydrogens is 234 g/mol. The van der Waals surface area contributed by atoms with Gasteiger partial charge in [-0.3, -0.25) is 0 Å². The summed E-state index contributed by atoms with van der Waals surface area (Å²) >= 11 is 0. The number of nitrogen functional groups attached to an aromatic ring is 1. The standard InChI is InChI=1S/C16H27N3/c1-18(2)16-6-4-12-19(13-16)11-3-5-14-7-9-15(17)10-8-14/h7-10,16H,3-6,11-13,17H2,1-2H3. The highest BCUT2D eigenvalue weighted by Gasteiger charge is 2.20. The lowest BCUT2D eigenvalue weighted by molar-refractivity contribution is 0.132. The molecule has 1 saturated heterocycles. The van der Waals surface area contributed by atoms with Crippen LogP contribution in [-0.4, -0.2) is 49.6 Å². The Morgan fingerprint density at radius 2 is 2.00 bits per heavy atom. The van der Waals surface area contributed by atoms with Crippen molar-refractivity contribution in [2.45, 2.75) is 31.7 Å². The number of aryl methyl sites for hydroxylation is 1. The van der Waals surface area contributed by atoms with Crippen molar-refractivity contribution >= 4 is 5.69 Å². The molecule has 106 valence electrons. The van der Waals surface area contributed by atoms with Crippen molar-refractivity contribution in [3.05, 3.63) is 29.8 Å². The van der Waals surface area contributed by atoms with Crippen molar-refractivity contribution in [3.63, 3.8) is 0 Å². The van der Waals surface area contributed by atoms with E-state index in [1.807, 2.05) is 12.1 Å². The van der Waals surface area contributed by atoms with Gasteiger partial charge in [0.2, 0.25) is 0 Å². The molecule has 2 rings (SSSR count). The van der Waals surface area contributed by atoms with Crippen molar-refractivity contribution in [1.82, 2.24) is 9.80 Å². The van der Waals surface area contributed by atoms with Crippen molar-refractivity contribution in [2.75, 3.05) is 39.5 Å². The summed E-state index contributed by atoms with van der Waals surface area (Å²) < 4.78 is 0. The Hall–Kier alpha value is -1.06. The van der Waals surface area contributed by atoms with E-state index >= 15 is 0 Å². The molecule has 0 spiro atoms. The summed E-state index contributed by atoms with van der Waals surface area (Å²) in [5, 5.41) is 0. The highest BCUT2D eigenvalue weighted by atomic mass is 15.2. The Labute approximate surface area is 117 Å². The van der Waals surface area contributed by atoms with Gasteiger partial charge in [-0.05, 0) is 70.6 Å². The van der Waals surface area contributed by atoms with E-state index in [-0.39, 0.29) is 0 Å². The average Bonchev–Trinajstić information content (AvgIpc) is 2.41. The second kappa shape index (κ2) is 6.92. The van der Waals surface area contributed by atoms with Crippen molar-refractivity contribution < 1.29 is 0 Å². The summed E-state index contributed by atoms with van der Waals surface area (Å²) in [6, 6.07) is 9.03. The molecule has 3 nitrogen and oxygen atoms in total. The van der Waals surface area contributed by atoms with Crippen LogP contribution in [0.5, 0.6) is 0 Å². The first-order chi connectivity index (χ1) is 9.15. The molecule has 19 heavy (non-hydrogen) atoms. The van der Waals surface area contributed by atoms with Gasteiger partial charge in [-0.15, -0.1) is 0 Å². The van der Waals surface area contributed by atoms with Crippen molar-refractivity contribution in [3.8, 4) is 0 Å². The molecule has 1 aliphatic rings. The molecule has 1 aromatic rings. The Balaban J connectivity index is 1.72. The first kappa shape index (κ1) is 14.4. The van der Waals surface area contributed by atoms with E-state index in [9.17, 15) is 0 Å². The number of hydrogen-bond acceptors (Lipinski definition) is 3. The van der Waals surface area contributed by atoms with E-state index in [4.69, 9.17) is 5.73 Å². The topological polar surface area (TPSA) is 32.5 Å². The maximum atomic E-state index is 5.70. The Morgan fingerprint density at radius 3 is 2.68 bits per heavy atom. The first-order valence-corrected chi connectivity index (χ1v) is 7.38. The van der Waals surface area contributed by atoms with Crippen LogP contribution in [-0.2, 0) is 6.42 Å². The number of piperidine rings is 1. The van der Waals surface area contributed by atoms with E-state index in [0.29, 0.717) is 0 Å². The largest absolute Gasteiger partial charge is 0.399 e. The number of benzene rings is 1. The zero-order valence-electron chi connectivity index (χ0n) is 12.3. The van der Waals surface area contributed by atoms with Gasteiger partial charge in [0.15, 0.2) is 0 Å². The van der Waals surface area contributed by atoms with E-state index in [1.165, 1.54) is 44.5 Å². The summed E-state index contributed by atoms with van der Waals surface area (Å²) in [6.07, 6.45) is 5.08. The van der Waals surface area contributed by atoms with Gasteiger partial charge in [0.1, 0.15) is 0 Å². The molecule has 1 heterocycles. The monoisotopic (exact) mass is 261 g/mol. The van der Waals surface area contributed by atoms with Gasteiger partial charge in [0.05, 0.1) is 0 Å². The molecule has 0 saturated carbocycles. The molecule has 3 heteroatoms. The molecule has 0 amide bonds. The number of likely N-dealkylation sites (tertiary alicyclic amines) is 1. The van der Waals surface area contributed by atoms with Crippen LogP contribution >= 0.6 is 0 Å². The van der Waals surface area contributed by atoms with Gasteiger partial charge >= 0.3 is 0 Å². The summed E-state index contributed by atoms with van der Waals surface area (Å²) in [6.45, 7) is 3.72. The molecule has 0 aromatic heterocycles. The van der Waals surface area contributed by atoms with Crippen LogP contribution < -0.4 is 5.73 Å². The van der Waals surface area contributed by atoms with E-state index in [2.05, 4.69) is 36.0 Å². The Morgan fingerprint density at radius 1 is 1.26 bits per heavy atom. The summed E-state index contributed by atoms with van der Waals surface area (Å²) in [5.74, 6) is 0. The number of nitrogens with two attached hydrogens (primary N) is 1. The molecule has 0 aliphatic carbocycles. The molecule has 1 atom stereocenters. The van der Waals surface area contributed by atoms with Crippen LogP contribution in [0.15, 0.2) is 24.3 Å².